The van der Waals surface area contributed by atoms with Crippen molar-refractivity contribution in [1.82, 2.24) is 9.78 Å². The highest BCUT2D eigenvalue weighted by molar-refractivity contribution is 5.84. The molecule has 2 nitrogen and oxygen atoms in total. The molecular formula is C18H21FN2. The van der Waals surface area contributed by atoms with Crippen molar-refractivity contribution < 1.29 is 4.39 Å². The quantitative estimate of drug-likeness (QED) is 0.607. The zero-order valence-corrected chi connectivity index (χ0v) is 13.0. The summed E-state index contributed by atoms with van der Waals surface area (Å²) in [7, 11) is 1.89. The van der Waals surface area contributed by atoms with Crippen molar-refractivity contribution in [2.45, 2.75) is 27.2 Å². The van der Waals surface area contributed by atoms with Crippen LogP contribution in [0.4, 0.5) is 4.39 Å². The molecule has 0 bridgehead atoms. The number of hydrogen-bond acceptors (Lipinski definition) is 1. The highest BCUT2D eigenvalue weighted by atomic mass is 19.1. The van der Waals surface area contributed by atoms with Gasteiger partial charge in [-0.15, -0.1) is 0 Å². The number of rotatable bonds is 1. The highest BCUT2D eigenvalue weighted by Crippen LogP contribution is 2.25. The molecule has 0 aliphatic heterocycles. The van der Waals surface area contributed by atoms with Gasteiger partial charge in [0.05, 0.1) is 5.52 Å². The first kappa shape index (κ1) is 15.2. The summed E-state index contributed by atoms with van der Waals surface area (Å²) in [6, 6.07) is 11.3. The molecule has 21 heavy (non-hydrogen) atoms. The first-order valence-corrected chi connectivity index (χ1v) is 7.25. The van der Waals surface area contributed by atoms with Crippen LogP contribution in [0.3, 0.4) is 0 Å². The van der Waals surface area contributed by atoms with Gasteiger partial charge in [-0.2, -0.15) is 5.10 Å². The molecule has 0 amide bonds. The molecule has 110 valence electrons. The number of benzene rings is 2. The Morgan fingerprint density at radius 2 is 1.67 bits per heavy atom. The summed E-state index contributed by atoms with van der Waals surface area (Å²) >= 11 is 0. The van der Waals surface area contributed by atoms with E-state index in [-0.39, 0.29) is 5.82 Å². The van der Waals surface area contributed by atoms with Crippen molar-refractivity contribution in [3.05, 3.63) is 54.0 Å². The Balaban J connectivity index is 0.000000497. The smallest absolute Gasteiger partial charge is 0.126 e. The van der Waals surface area contributed by atoms with Crippen LogP contribution in [0.1, 0.15) is 25.8 Å². The number of nitrogens with zero attached hydrogens (tertiary/aromatic N) is 2. The predicted molar refractivity (Wildman–Crippen MR) is 86.8 cm³/mol. The highest BCUT2D eigenvalue weighted by Gasteiger charge is 2.04. The third-order valence-corrected chi connectivity index (χ3v) is 3.12. The molecule has 2 aromatic carbocycles. The van der Waals surface area contributed by atoms with Gasteiger partial charge in [0.2, 0.25) is 0 Å². The Morgan fingerprint density at radius 1 is 1.05 bits per heavy atom. The Hall–Kier alpha value is -2.16. The van der Waals surface area contributed by atoms with Crippen LogP contribution in [0, 0.1) is 12.7 Å². The van der Waals surface area contributed by atoms with Gasteiger partial charge in [0.25, 0.3) is 0 Å². The van der Waals surface area contributed by atoms with Crippen molar-refractivity contribution in [2.75, 3.05) is 0 Å². The van der Waals surface area contributed by atoms with Gasteiger partial charge in [-0.3, -0.25) is 4.68 Å². The number of aryl methyl sites for hydroxylation is 2. The number of hydrogen-bond donors (Lipinski definition) is 0. The molecule has 0 atom stereocenters. The molecule has 3 heteroatoms. The van der Waals surface area contributed by atoms with Crippen molar-refractivity contribution in [2.24, 2.45) is 7.05 Å². The molecule has 0 aliphatic carbocycles. The summed E-state index contributed by atoms with van der Waals surface area (Å²) in [5, 5.41) is 5.39. The molecule has 3 aromatic rings. The number of fused-ring (bicyclic) bond motifs is 1. The second kappa shape index (κ2) is 6.53. The lowest BCUT2D eigenvalue weighted by Gasteiger charge is -2.03. The first-order valence-electron chi connectivity index (χ1n) is 7.25. The normalized spacial score (nSPS) is 10.3. The summed E-state index contributed by atoms with van der Waals surface area (Å²) in [5.41, 5.74) is 3.52. The summed E-state index contributed by atoms with van der Waals surface area (Å²) in [6.45, 7) is 6.02. The van der Waals surface area contributed by atoms with Crippen LogP contribution in [0.15, 0.2) is 42.6 Å². The van der Waals surface area contributed by atoms with Crippen LogP contribution in [0.5, 0.6) is 0 Å². The fraction of sp³-hybridized carbons (Fsp3) is 0.278. The summed E-state index contributed by atoms with van der Waals surface area (Å²) in [5.74, 6) is -0.168. The molecule has 3 rings (SSSR count). The molecule has 0 spiro atoms. The molecule has 0 saturated heterocycles. The second-order valence-corrected chi connectivity index (χ2v) is 5.25. The van der Waals surface area contributed by atoms with E-state index in [9.17, 15) is 4.39 Å². The maximum absolute atomic E-state index is 13.6. The Morgan fingerprint density at radius 3 is 2.33 bits per heavy atom. The Labute approximate surface area is 125 Å². The van der Waals surface area contributed by atoms with Gasteiger partial charge in [-0.05, 0) is 41.8 Å². The first-order chi connectivity index (χ1) is 10.0. The third kappa shape index (κ3) is 3.48. The van der Waals surface area contributed by atoms with E-state index in [0.29, 0.717) is 5.56 Å². The van der Waals surface area contributed by atoms with Gasteiger partial charge in [-0.1, -0.05) is 38.5 Å². The van der Waals surface area contributed by atoms with Crippen molar-refractivity contribution in [3.63, 3.8) is 0 Å². The lowest BCUT2D eigenvalue weighted by molar-refractivity contribution is 0.619. The van der Waals surface area contributed by atoms with E-state index in [1.165, 1.54) is 6.42 Å². The molecule has 1 aromatic heterocycles. The van der Waals surface area contributed by atoms with Gasteiger partial charge in [0.15, 0.2) is 0 Å². The lowest BCUT2D eigenvalue weighted by atomic mass is 10.0. The van der Waals surface area contributed by atoms with Gasteiger partial charge in [0, 0.05) is 18.6 Å². The molecular weight excluding hydrogens is 263 g/mol. The maximum Gasteiger partial charge on any atom is 0.126 e. The second-order valence-electron chi connectivity index (χ2n) is 5.25. The minimum Gasteiger partial charge on any atom is -0.275 e. The summed E-state index contributed by atoms with van der Waals surface area (Å²) in [6.07, 6.45) is 3.21. The lowest BCUT2D eigenvalue weighted by Crippen LogP contribution is -1.85. The van der Waals surface area contributed by atoms with Crippen LogP contribution >= 0.6 is 0 Å². The topological polar surface area (TPSA) is 17.8 Å². The van der Waals surface area contributed by atoms with Crippen LogP contribution < -0.4 is 0 Å². The van der Waals surface area contributed by atoms with Crippen LogP contribution in [0.2, 0.25) is 0 Å². The number of halogens is 1. The molecule has 0 aliphatic rings. The zero-order chi connectivity index (χ0) is 15.4. The van der Waals surface area contributed by atoms with Gasteiger partial charge >= 0.3 is 0 Å². The monoisotopic (exact) mass is 284 g/mol. The molecule has 0 radical (unpaired) electrons. The summed E-state index contributed by atoms with van der Waals surface area (Å²) in [4.78, 5) is 0. The van der Waals surface area contributed by atoms with E-state index in [2.05, 4.69) is 18.9 Å². The molecule has 0 fully saturated rings. The van der Waals surface area contributed by atoms with Crippen LogP contribution in [-0.2, 0) is 7.05 Å². The third-order valence-electron chi connectivity index (χ3n) is 3.12. The van der Waals surface area contributed by atoms with E-state index in [4.69, 9.17) is 0 Å². The molecule has 0 unspecified atom stereocenters. The molecule has 0 saturated carbocycles. The van der Waals surface area contributed by atoms with Crippen LogP contribution in [0.25, 0.3) is 22.0 Å². The average Bonchev–Trinajstić information content (AvgIpc) is 2.82. The van der Waals surface area contributed by atoms with E-state index in [1.54, 1.807) is 23.7 Å². The van der Waals surface area contributed by atoms with E-state index >= 15 is 0 Å². The molecule has 0 N–H and O–H groups in total. The average molecular weight is 284 g/mol. The SMILES string of the molecule is CCC.Cc1ccc(-c2ccc3nn(C)cc3c2)cc1F. The Bertz CT molecular complexity index is 744. The fourth-order valence-electron chi connectivity index (χ4n) is 2.10. The van der Waals surface area contributed by atoms with E-state index in [1.807, 2.05) is 37.5 Å². The molecule has 1 heterocycles. The fourth-order valence-corrected chi connectivity index (χ4v) is 2.10. The largest absolute Gasteiger partial charge is 0.275 e. The predicted octanol–water partition coefficient (Wildman–Crippen LogP) is 5.10. The van der Waals surface area contributed by atoms with Crippen molar-refractivity contribution in [1.29, 1.82) is 0 Å². The van der Waals surface area contributed by atoms with Crippen molar-refractivity contribution >= 4 is 10.9 Å². The Kier molecular flexibility index (Phi) is 4.73. The van der Waals surface area contributed by atoms with Gasteiger partial charge in [0.1, 0.15) is 5.82 Å². The summed E-state index contributed by atoms with van der Waals surface area (Å²) < 4.78 is 15.3. The zero-order valence-electron chi connectivity index (χ0n) is 13.0. The number of aromatic nitrogens is 2. The van der Waals surface area contributed by atoms with Crippen LogP contribution in [-0.4, -0.2) is 9.78 Å². The van der Waals surface area contributed by atoms with E-state index in [0.717, 1.165) is 22.0 Å². The van der Waals surface area contributed by atoms with Gasteiger partial charge < -0.3 is 0 Å². The minimum absolute atomic E-state index is 0.168. The van der Waals surface area contributed by atoms with E-state index < -0.39 is 0 Å². The van der Waals surface area contributed by atoms with Crippen molar-refractivity contribution in [3.8, 4) is 11.1 Å². The minimum atomic E-state index is -0.168. The standard InChI is InChI=1S/C15H13FN2.C3H8/c1-10-3-4-12(8-14(10)16)11-5-6-15-13(7-11)9-18(2)17-15;1-3-2/h3-9H,1-2H3;3H2,1-2H3. The van der Waals surface area contributed by atoms with Gasteiger partial charge in [-0.25, -0.2) is 4.39 Å². The maximum atomic E-state index is 13.6.